The van der Waals surface area contributed by atoms with E-state index in [4.69, 9.17) is 4.98 Å². The standard InChI is InChI=1S/C17H22N4O2S/c1-18-15(22)9-19-10-16(23)21-8-4-5-12(11-21)17-20-13-6-2-3-7-14(13)24-17/h2-3,6-7,12,19H,4-5,8-11H2,1H3,(H,18,22)/t12-/m1/s1. The van der Waals surface area contributed by atoms with Gasteiger partial charge < -0.3 is 10.2 Å². The smallest absolute Gasteiger partial charge is 0.236 e. The van der Waals surface area contributed by atoms with Crippen LogP contribution in [0.1, 0.15) is 23.8 Å². The van der Waals surface area contributed by atoms with Crippen LogP contribution in [0.2, 0.25) is 0 Å². The van der Waals surface area contributed by atoms with Gasteiger partial charge in [0.25, 0.3) is 0 Å². The minimum Gasteiger partial charge on any atom is -0.358 e. The highest BCUT2D eigenvalue weighted by molar-refractivity contribution is 7.18. The van der Waals surface area contributed by atoms with Crippen LogP contribution in [0.3, 0.4) is 0 Å². The SMILES string of the molecule is CNC(=O)CNCC(=O)N1CCC[C@@H](c2nc3ccccc3s2)C1. The van der Waals surface area contributed by atoms with Gasteiger partial charge in [0.2, 0.25) is 11.8 Å². The molecule has 0 bridgehead atoms. The molecule has 1 aliphatic rings. The third-order valence-corrected chi connectivity index (χ3v) is 5.47. The van der Waals surface area contributed by atoms with Gasteiger partial charge in [-0.2, -0.15) is 0 Å². The second kappa shape index (κ2) is 7.72. The molecule has 0 unspecified atom stereocenters. The summed E-state index contributed by atoms with van der Waals surface area (Å²) in [5.74, 6) is 0.234. The predicted molar refractivity (Wildman–Crippen MR) is 95.1 cm³/mol. The number of thiazole rings is 1. The summed E-state index contributed by atoms with van der Waals surface area (Å²) in [7, 11) is 1.58. The molecule has 24 heavy (non-hydrogen) atoms. The highest BCUT2D eigenvalue weighted by Gasteiger charge is 2.26. The maximum Gasteiger partial charge on any atom is 0.236 e. The molecule has 1 atom stereocenters. The van der Waals surface area contributed by atoms with E-state index in [1.165, 1.54) is 4.70 Å². The summed E-state index contributed by atoms with van der Waals surface area (Å²) in [6, 6.07) is 8.15. The Balaban J connectivity index is 1.59. The summed E-state index contributed by atoms with van der Waals surface area (Å²) in [4.78, 5) is 30.1. The molecular weight excluding hydrogens is 324 g/mol. The van der Waals surface area contributed by atoms with Crippen LogP contribution in [-0.2, 0) is 9.59 Å². The van der Waals surface area contributed by atoms with Gasteiger partial charge >= 0.3 is 0 Å². The predicted octanol–water partition coefficient (Wildman–Crippen LogP) is 1.34. The van der Waals surface area contributed by atoms with Crippen molar-refractivity contribution in [2.75, 3.05) is 33.2 Å². The van der Waals surface area contributed by atoms with E-state index in [-0.39, 0.29) is 24.9 Å². The molecule has 2 N–H and O–H groups in total. The minimum absolute atomic E-state index is 0.0460. The number of likely N-dealkylation sites (tertiary alicyclic amines) is 1. The number of benzene rings is 1. The molecule has 6 nitrogen and oxygen atoms in total. The highest BCUT2D eigenvalue weighted by Crippen LogP contribution is 2.32. The van der Waals surface area contributed by atoms with E-state index in [1.54, 1.807) is 18.4 Å². The summed E-state index contributed by atoms with van der Waals surface area (Å²) in [6.07, 6.45) is 2.05. The number of piperidine rings is 1. The third kappa shape index (κ3) is 3.91. The van der Waals surface area contributed by atoms with E-state index in [0.29, 0.717) is 12.5 Å². The molecule has 0 radical (unpaired) electrons. The number of fused-ring (bicyclic) bond motifs is 1. The lowest BCUT2D eigenvalue weighted by atomic mass is 9.98. The minimum atomic E-state index is -0.117. The molecule has 1 aromatic heterocycles. The Hall–Kier alpha value is -1.99. The number of amides is 2. The summed E-state index contributed by atoms with van der Waals surface area (Å²) in [5, 5.41) is 6.54. The number of carbonyl (C=O) groups excluding carboxylic acids is 2. The Morgan fingerprint density at radius 3 is 2.96 bits per heavy atom. The molecule has 128 valence electrons. The lowest BCUT2D eigenvalue weighted by Gasteiger charge is -2.32. The first kappa shape index (κ1) is 16.9. The number of hydrogen-bond donors (Lipinski definition) is 2. The largest absolute Gasteiger partial charge is 0.358 e. The Bertz CT molecular complexity index is 697. The van der Waals surface area contributed by atoms with Crippen LogP contribution >= 0.6 is 11.3 Å². The van der Waals surface area contributed by atoms with Gasteiger partial charge in [-0.25, -0.2) is 4.98 Å². The molecule has 7 heteroatoms. The monoisotopic (exact) mass is 346 g/mol. The molecule has 1 aromatic carbocycles. The molecule has 1 saturated heterocycles. The second-order valence-corrected chi connectivity index (χ2v) is 7.04. The first-order valence-electron chi connectivity index (χ1n) is 8.22. The molecule has 0 spiro atoms. The normalized spacial score (nSPS) is 17.9. The van der Waals surface area contributed by atoms with Crippen molar-refractivity contribution in [1.82, 2.24) is 20.5 Å². The Labute approximate surface area is 145 Å². The summed E-state index contributed by atoms with van der Waals surface area (Å²) < 4.78 is 1.20. The van der Waals surface area contributed by atoms with Crippen LogP contribution in [0, 0.1) is 0 Å². The molecular formula is C17H22N4O2S. The fourth-order valence-corrected chi connectivity index (χ4v) is 4.05. The summed E-state index contributed by atoms with van der Waals surface area (Å²) >= 11 is 1.72. The van der Waals surface area contributed by atoms with Gasteiger partial charge in [-0.3, -0.25) is 14.9 Å². The van der Waals surface area contributed by atoms with E-state index in [0.717, 1.165) is 29.9 Å². The lowest BCUT2D eigenvalue weighted by Crippen LogP contribution is -2.44. The zero-order chi connectivity index (χ0) is 16.9. The van der Waals surface area contributed by atoms with Crippen LogP contribution in [-0.4, -0.2) is 54.9 Å². The summed E-state index contributed by atoms with van der Waals surface area (Å²) in [5.41, 5.74) is 1.04. The number of nitrogens with zero attached hydrogens (tertiary/aromatic N) is 2. The average molecular weight is 346 g/mol. The van der Waals surface area contributed by atoms with Crippen molar-refractivity contribution >= 4 is 33.4 Å². The van der Waals surface area contributed by atoms with E-state index < -0.39 is 0 Å². The molecule has 0 saturated carbocycles. The van der Waals surface area contributed by atoms with Crippen LogP contribution < -0.4 is 10.6 Å². The van der Waals surface area contributed by atoms with Gasteiger partial charge in [0.1, 0.15) is 0 Å². The van der Waals surface area contributed by atoms with Crippen LogP contribution in [0.4, 0.5) is 0 Å². The molecule has 2 heterocycles. The van der Waals surface area contributed by atoms with Crippen molar-refractivity contribution in [3.8, 4) is 0 Å². The van der Waals surface area contributed by atoms with Gasteiger partial charge in [-0.1, -0.05) is 12.1 Å². The zero-order valence-corrected chi connectivity index (χ0v) is 14.6. The van der Waals surface area contributed by atoms with Gasteiger partial charge in [-0.05, 0) is 25.0 Å². The van der Waals surface area contributed by atoms with Crippen molar-refractivity contribution in [2.45, 2.75) is 18.8 Å². The first-order valence-corrected chi connectivity index (χ1v) is 9.03. The van der Waals surface area contributed by atoms with Crippen LogP contribution in [0.5, 0.6) is 0 Å². The Kier molecular flexibility index (Phi) is 5.42. The van der Waals surface area contributed by atoms with Crippen molar-refractivity contribution in [3.63, 3.8) is 0 Å². The van der Waals surface area contributed by atoms with Gasteiger partial charge in [0.05, 0.1) is 28.3 Å². The van der Waals surface area contributed by atoms with E-state index in [9.17, 15) is 9.59 Å². The number of rotatable bonds is 5. The zero-order valence-electron chi connectivity index (χ0n) is 13.7. The maximum atomic E-state index is 12.3. The molecule has 3 rings (SSSR count). The Morgan fingerprint density at radius 2 is 2.17 bits per heavy atom. The van der Waals surface area contributed by atoms with Crippen LogP contribution in [0.25, 0.3) is 10.2 Å². The third-order valence-electron chi connectivity index (χ3n) is 4.27. The molecule has 2 amide bonds. The highest BCUT2D eigenvalue weighted by atomic mass is 32.1. The average Bonchev–Trinajstić information content (AvgIpc) is 3.05. The lowest BCUT2D eigenvalue weighted by molar-refractivity contribution is -0.131. The van der Waals surface area contributed by atoms with Gasteiger partial charge in [0.15, 0.2) is 0 Å². The number of nitrogens with one attached hydrogen (secondary N) is 2. The topological polar surface area (TPSA) is 74.3 Å². The van der Waals surface area contributed by atoms with E-state index >= 15 is 0 Å². The number of para-hydroxylation sites is 1. The van der Waals surface area contributed by atoms with Crippen LogP contribution in [0.15, 0.2) is 24.3 Å². The fraction of sp³-hybridized carbons (Fsp3) is 0.471. The molecule has 0 aliphatic carbocycles. The van der Waals surface area contributed by atoms with Gasteiger partial charge in [-0.15, -0.1) is 11.3 Å². The molecule has 1 aliphatic heterocycles. The maximum absolute atomic E-state index is 12.3. The number of carbonyl (C=O) groups is 2. The van der Waals surface area contributed by atoms with E-state index in [1.807, 2.05) is 23.1 Å². The van der Waals surface area contributed by atoms with Crippen molar-refractivity contribution < 1.29 is 9.59 Å². The van der Waals surface area contributed by atoms with Crippen molar-refractivity contribution in [1.29, 1.82) is 0 Å². The quantitative estimate of drug-likeness (QED) is 0.857. The fourth-order valence-electron chi connectivity index (χ4n) is 2.95. The van der Waals surface area contributed by atoms with Crippen molar-refractivity contribution in [3.05, 3.63) is 29.3 Å². The van der Waals surface area contributed by atoms with Crippen molar-refractivity contribution in [2.24, 2.45) is 0 Å². The van der Waals surface area contributed by atoms with E-state index in [2.05, 4.69) is 16.7 Å². The van der Waals surface area contributed by atoms with Gasteiger partial charge in [0, 0.05) is 26.1 Å². The second-order valence-electron chi connectivity index (χ2n) is 5.98. The number of aromatic nitrogens is 1. The Morgan fingerprint density at radius 1 is 1.33 bits per heavy atom. The number of likely N-dealkylation sites (N-methyl/N-ethyl adjacent to an activating group) is 1. The summed E-state index contributed by atoms with van der Waals surface area (Å²) in [6.45, 7) is 1.85. The molecule has 2 aromatic rings. The first-order chi connectivity index (χ1) is 11.7. The molecule has 1 fully saturated rings. The number of hydrogen-bond acceptors (Lipinski definition) is 5.